The fourth-order valence-electron chi connectivity index (χ4n) is 3.84. The average molecular weight is 487 g/mol. The molecule has 0 saturated carbocycles. The molecule has 2 saturated heterocycles. The summed E-state index contributed by atoms with van der Waals surface area (Å²) in [6.45, 7) is 6.24. The molecule has 3 rings (SSSR count). The van der Waals surface area contributed by atoms with E-state index in [1.807, 2.05) is 18.2 Å². The Balaban J connectivity index is 0.00000261. The molecule has 1 aromatic heterocycles. The lowest BCUT2D eigenvalue weighted by Gasteiger charge is -2.40. The Bertz CT molecular complexity index is 669. The Morgan fingerprint density at radius 3 is 3.04 bits per heavy atom. The number of ether oxygens (including phenoxy) is 1. The summed E-state index contributed by atoms with van der Waals surface area (Å²) in [4.78, 5) is 23.3. The largest absolute Gasteiger partial charge is 0.481 e. The van der Waals surface area contributed by atoms with Gasteiger partial charge in [-0.05, 0) is 25.8 Å². The van der Waals surface area contributed by atoms with Crippen molar-refractivity contribution in [3.05, 3.63) is 23.9 Å². The van der Waals surface area contributed by atoms with Crippen LogP contribution in [0.15, 0.2) is 23.2 Å². The van der Waals surface area contributed by atoms with E-state index in [1.165, 1.54) is 0 Å². The van der Waals surface area contributed by atoms with E-state index in [9.17, 15) is 4.79 Å². The number of nitrogens with one attached hydrogen (secondary N) is 2. The lowest BCUT2D eigenvalue weighted by atomic mass is 9.79. The highest BCUT2D eigenvalue weighted by atomic mass is 127. The number of guanidine groups is 1. The molecular formula is C19H30IN5O2. The zero-order valence-corrected chi connectivity index (χ0v) is 18.5. The summed E-state index contributed by atoms with van der Waals surface area (Å²) in [6, 6.07) is 5.80. The van der Waals surface area contributed by atoms with Crippen LogP contribution < -0.4 is 15.4 Å². The first-order chi connectivity index (χ1) is 12.6. The Morgan fingerprint density at radius 2 is 2.33 bits per heavy atom. The van der Waals surface area contributed by atoms with Crippen LogP contribution in [0.5, 0.6) is 5.88 Å². The van der Waals surface area contributed by atoms with E-state index in [1.54, 1.807) is 7.11 Å². The zero-order valence-electron chi connectivity index (χ0n) is 16.2. The molecule has 2 aliphatic heterocycles. The van der Waals surface area contributed by atoms with Gasteiger partial charge in [0.1, 0.15) is 0 Å². The minimum atomic E-state index is 0. The van der Waals surface area contributed by atoms with Crippen molar-refractivity contribution in [3.8, 4) is 5.88 Å². The summed E-state index contributed by atoms with van der Waals surface area (Å²) >= 11 is 0. The fourth-order valence-corrected chi connectivity index (χ4v) is 3.84. The van der Waals surface area contributed by atoms with E-state index >= 15 is 0 Å². The predicted octanol–water partition coefficient (Wildman–Crippen LogP) is 1.82. The van der Waals surface area contributed by atoms with Gasteiger partial charge in [0.25, 0.3) is 0 Å². The number of amides is 1. The van der Waals surface area contributed by atoms with E-state index in [0.29, 0.717) is 18.8 Å². The van der Waals surface area contributed by atoms with Gasteiger partial charge in [0.15, 0.2) is 5.96 Å². The molecule has 2 aliphatic rings. The fraction of sp³-hybridized carbons (Fsp3) is 0.632. The first-order valence-corrected chi connectivity index (χ1v) is 9.44. The van der Waals surface area contributed by atoms with Crippen LogP contribution in [0, 0.1) is 5.41 Å². The van der Waals surface area contributed by atoms with Crippen LogP contribution >= 0.6 is 24.0 Å². The van der Waals surface area contributed by atoms with Crippen LogP contribution in [0.25, 0.3) is 0 Å². The number of methoxy groups -OCH3 is 1. The first kappa shape index (κ1) is 21.7. The van der Waals surface area contributed by atoms with Gasteiger partial charge in [-0.15, -0.1) is 24.0 Å². The maximum atomic E-state index is 11.7. The number of aromatic nitrogens is 1. The van der Waals surface area contributed by atoms with Crippen LogP contribution in [-0.4, -0.2) is 61.6 Å². The van der Waals surface area contributed by atoms with Gasteiger partial charge in [-0.1, -0.05) is 6.07 Å². The number of nitrogens with zero attached hydrogens (tertiary/aromatic N) is 3. The Morgan fingerprint density at radius 1 is 1.48 bits per heavy atom. The third-order valence-electron chi connectivity index (χ3n) is 5.11. The van der Waals surface area contributed by atoms with Gasteiger partial charge >= 0.3 is 0 Å². The van der Waals surface area contributed by atoms with Gasteiger partial charge in [-0.2, -0.15) is 0 Å². The van der Waals surface area contributed by atoms with E-state index in [0.717, 1.165) is 57.1 Å². The van der Waals surface area contributed by atoms with Crippen LogP contribution in [0.2, 0.25) is 0 Å². The van der Waals surface area contributed by atoms with Gasteiger partial charge in [-0.3, -0.25) is 9.79 Å². The highest BCUT2D eigenvalue weighted by molar-refractivity contribution is 14.0. The molecule has 2 fully saturated rings. The molecule has 1 amide bonds. The molecule has 1 aromatic rings. The number of hydrogen-bond donors (Lipinski definition) is 2. The van der Waals surface area contributed by atoms with Gasteiger partial charge in [0.05, 0.1) is 7.11 Å². The molecule has 0 aromatic carbocycles. The van der Waals surface area contributed by atoms with Gasteiger partial charge in [0, 0.05) is 62.7 Å². The topological polar surface area (TPSA) is 78.9 Å². The quantitative estimate of drug-likeness (QED) is 0.377. The van der Waals surface area contributed by atoms with Crippen molar-refractivity contribution in [2.24, 2.45) is 10.4 Å². The summed E-state index contributed by atoms with van der Waals surface area (Å²) in [5.74, 6) is 1.75. The van der Waals surface area contributed by atoms with Crippen LogP contribution in [0.4, 0.5) is 0 Å². The lowest BCUT2D eigenvalue weighted by molar-refractivity contribution is -0.119. The lowest BCUT2D eigenvalue weighted by Crippen LogP contribution is -2.51. The predicted molar refractivity (Wildman–Crippen MR) is 117 cm³/mol. The smallest absolute Gasteiger partial charge is 0.220 e. The van der Waals surface area contributed by atoms with Crippen LogP contribution in [0.3, 0.4) is 0 Å². The summed E-state index contributed by atoms with van der Waals surface area (Å²) < 4.78 is 5.18. The molecule has 2 N–H and O–H groups in total. The molecule has 1 spiro atoms. The summed E-state index contributed by atoms with van der Waals surface area (Å²) in [6.07, 6.45) is 3.61. The normalized spacial score (nSPS) is 22.4. The molecule has 0 bridgehead atoms. The van der Waals surface area contributed by atoms with Crippen molar-refractivity contribution in [2.45, 2.75) is 32.6 Å². The molecule has 150 valence electrons. The van der Waals surface area contributed by atoms with E-state index in [4.69, 9.17) is 9.73 Å². The van der Waals surface area contributed by atoms with Crippen LogP contribution in [0.1, 0.15) is 31.9 Å². The number of pyridine rings is 1. The highest BCUT2D eigenvalue weighted by Gasteiger charge is 2.42. The summed E-state index contributed by atoms with van der Waals surface area (Å²) in [5, 5.41) is 6.41. The second kappa shape index (κ2) is 10.1. The molecule has 0 radical (unpaired) electrons. The number of carbonyl (C=O) groups is 1. The van der Waals surface area contributed by atoms with Crippen molar-refractivity contribution < 1.29 is 9.53 Å². The third kappa shape index (κ3) is 5.70. The maximum absolute atomic E-state index is 11.7. The maximum Gasteiger partial charge on any atom is 0.220 e. The van der Waals surface area contributed by atoms with Crippen LogP contribution in [-0.2, 0) is 11.2 Å². The van der Waals surface area contributed by atoms with Crippen molar-refractivity contribution >= 4 is 35.8 Å². The Labute approximate surface area is 178 Å². The second-order valence-electron chi connectivity index (χ2n) is 7.14. The number of likely N-dealkylation sites (tertiary alicyclic amines) is 1. The van der Waals surface area contributed by atoms with Crippen molar-refractivity contribution in [2.75, 3.05) is 39.8 Å². The monoisotopic (exact) mass is 487 g/mol. The number of rotatable bonds is 5. The second-order valence-corrected chi connectivity index (χ2v) is 7.14. The van der Waals surface area contributed by atoms with Crippen molar-refractivity contribution in [3.63, 3.8) is 0 Å². The Kier molecular flexibility index (Phi) is 8.12. The first-order valence-electron chi connectivity index (χ1n) is 9.44. The molecule has 3 heterocycles. The molecular weight excluding hydrogens is 457 g/mol. The summed E-state index contributed by atoms with van der Waals surface area (Å²) in [5.41, 5.74) is 1.05. The van der Waals surface area contributed by atoms with Crippen molar-refractivity contribution in [1.82, 2.24) is 20.5 Å². The number of aliphatic imine (C=N–C) groups is 1. The summed E-state index contributed by atoms with van der Waals surface area (Å²) in [7, 11) is 1.63. The number of piperidine rings is 1. The molecule has 0 aliphatic carbocycles. The highest BCUT2D eigenvalue weighted by Crippen LogP contribution is 2.35. The van der Waals surface area contributed by atoms with Gasteiger partial charge in [0.2, 0.25) is 11.8 Å². The van der Waals surface area contributed by atoms with E-state index in [2.05, 4.69) is 27.4 Å². The minimum Gasteiger partial charge on any atom is -0.481 e. The molecule has 1 unspecified atom stereocenters. The van der Waals surface area contributed by atoms with Gasteiger partial charge < -0.3 is 20.3 Å². The number of halogens is 1. The Hall–Kier alpha value is -1.58. The molecule has 8 heteroatoms. The molecule has 27 heavy (non-hydrogen) atoms. The number of carbonyl (C=O) groups excluding carboxylic acids is 1. The molecule has 1 atom stereocenters. The third-order valence-corrected chi connectivity index (χ3v) is 5.11. The standard InChI is InChI=1S/C19H29N5O2.HI/c1-3-20-18(21-10-8-15-6-4-7-17(23-15)26-2)24-11-5-9-19(14-24)12-16(25)22-13-19;/h4,6-7H,3,5,8-14H2,1-2H3,(H,20,21)(H,22,25);1H. The van der Waals surface area contributed by atoms with Crippen molar-refractivity contribution in [1.29, 1.82) is 0 Å². The number of hydrogen-bond acceptors (Lipinski definition) is 4. The minimum absolute atomic E-state index is 0. The van der Waals surface area contributed by atoms with Gasteiger partial charge in [-0.25, -0.2) is 4.98 Å². The average Bonchev–Trinajstić information content (AvgIpc) is 3.01. The zero-order chi connectivity index (χ0) is 18.4. The SMILES string of the molecule is CCNC(=NCCc1cccc(OC)n1)N1CCCC2(CNC(=O)C2)C1.I. The molecule has 7 nitrogen and oxygen atoms in total. The van der Waals surface area contributed by atoms with E-state index < -0.39 is 0 Å². The van der Waals surface area contributed by atoms with E-state index in [-0.39, 0.29) is 35.3 Å².